The van der Waals surface area contributed by atoms with Crippen LogP contribution in [0.3, 0.4) is 0 Å². The third-order valence-electron chi connectivity index (χ3n) is 4.85. The van der Waals surface area contributed by atoms with Gasteiger partial charge >= 0.3 is 0 Å². The van der Waals surface area contributed by atoms with Crippen LogP contribution in [0.5, 0.6) is 0 Å². The number of hydrogen-bond donors (Lipinski definition) is 0. The lowest BCUT2D eigenvalue weighted by Crippen LogP contribution is -2.41. The zero-order valence-electron chi connectivity index (χ0n) is 15.7. The van der Waals surface area contributed by atoms with Crippen LogP contribution in [0.25, 0.3) is 5.52 Å². The molecular weight excluding hydrogens is 356 g/mol. The molecule has 7 heteroatoms. The van der Waals surface area contributed by atoms with E-state index in [0.29, 0.717) is 38.4 Å². The third kappa shape index (κ3) is 3.48. The molecule has 0 N–H and O–H groups in total. The Kier molecular flexibility index (Phi) is 5.08. The van der Waals surface area contributed by atoms with Crippen LogP contribution in [0.4, 0.5) is 0 Å². The molecule has 1 saturated heterocycles. The van der Waals surface area contributed by atoms with Crippen LogP contribution in [0.2, 0.25) is 0 Å². The SMILES string of the molecule is CN(Cc1ccccc1)C(=O)c1nc(C(=O)N2CCOCC2)n2ccccc12. The summed E-state index contributed by atoms with van der Waals surface area (Å²) in [5.41, 5.74) is 1.95. The normalized spacial score (nSPS) is 14.2. The van der Waals surface area contributed by atoms with Gasteiger partial charge in [-0.05, 0) is 17.7 Å². The highest BCUT2D eigenvalue weighted by Crippen LogP contribution is 2.18. The maximum Gasteiger partial charge on any atom is 0.290 e. The molecule has 144 valence electrons. The molecule has 0 aliphatic carbocycles. The quantitative estimate of drug-likeness (QED) is 0.697. The Bertz CT molecular complexity index is 993. The zero-order valence-corrected chi connectivity index (χ0v) is 15.7. The van der Waals surface area contributed by atoms with Crippen LogP contribution >= 0.6 is 0 Å². The van der Waals surface area contributed by atoms with E-state index < -0.39 is 0 Å². The second kappa shape index (κ2) is 7.82. The zero-order chi connectivity index (χ0) is 19.5. The Morgan fingerprint density at radius 1 is 1.07 bits per heavy atom. The van der Waals surface area contributed by atoms with Crippen molar-refractivity contribution in [3.8, 4) is 0 Å². The van der Waals surface area contributed by atoms with Crippen LogP contribution in [0, 0.1) is 0 Å². The van der Waals surface area contributed by atoms with Crippen LogP contribution in [-0.2, 0) is 11.3 Å². The summed E-state index contributed by atoms with van der Waals surface area (Å²) in [5, 5.41) is 0. The summed E-state index contributed by atoms with van der Waals surface area (Å²) in [4.78, 5) is 33.9. The van der Waals surface area contributed by atoms with Gasteiger partial charge in [0.25, 0.3) is 11.8 Å². The standard InChI is InChI=1S/C21H22N4O3/c1-23(15-16-7-3-2-4-8-16)20(26)18-17-9-5-6-10-25(17)19(22-18)21(27)24-11-13-28-14-12-24/h2-10H,11-15H2,1H3. The summed E-state index contributed by atoms with van der Waals surface area (Å²) in [5.74, 6) is -0.142. The van der Waals surface area contributed by atoms with Crippen molar-refractivity contribution in [3.63, 3.8) is 0 Å². The lowest BCUT2D eigenvalue weighted by atomic mass is 10.2. The number of carbonyl (C=O) groups is 2. The minimum Gasteiger partial charge on any atom is -0.378 e. The largest absolute Gasteiger partial charge is 0.378 e. The van der Waals surface area contributed by atoms with Crippen molar-refractivity contribution in [1.29, 1.82) is 0 Å². The van der Waals surface area contributed by atoms with E-state index in [2.05, 4.69) is 4.98 Å². The Morgan fingerprint density at radius 3 is 2.54 bits per heavy atom. The van der Waals surface area contributed by atoms with Crippen molar-refractivity contribution in [2.45, 2.75) is 6.54 Å². The molecule has 1 aliphatic rings. The number of nitrogens with zero attached hydrogens (tertiary/aromatic N) is 4. The topological polar surface area (TPSA) is 67.2 Å². The minimum atomic E-state index is -0.214. The third-order valence-corrected chi connectivity index (χ3v) is 4.85. The minimum absolute atomic E-state index is 0.186. The number of pyridine rings is 1. The van der Waals surface area contributed by atoms with Crippen molar-refractivity contribution >= 4 is 17.3 Å². The van der Waals surface area contributed by atoms with E-state index in [0.717, 1.165) is 5.56 Å². The van der Waals surface area contributed by atoms with Gasteiger partial charge in [-0.25, -0.2) is 4.98 Å². The molecule has 3 aromatic rings. The average Bonchev–Trinajstić information content (AvgIpc) is 3.13. The monoisotopic (exact) mass is 378 g/mol. The molecule has 1 aliphatic heterocycles. The fourth-order valence-electron chi connectivity index (χ4n) is 3.36. The van der Waals surface area contributed by atoms with Gasteiger partial charge in [0.2, 0.25) is 5.82 Å². The van der Waals surface area contributed by atoms with E-state index in [-0.39, 0.29) is 23.3 Å². The Hall–Kier alpha value is -3.19. The first-order chi connectivity index (χ1) is 13.6. The molecule has 2 aromatic heterocycles. The number of aromatic nitrogens is 2. The van der Waals surface area contributed by atoms with Crippen molar-refractivity contribution in [2.75, 3.05) is 33.4 Å². The number of amides is 2. The molecule has 1 aromatic carbocycles. The molecule has 0 saturated carbocycles. The summed E-state index contributed by atoms with van der Waals surface area (Å²) in [6.45, 7) is 2.55. The molecule has 2 amide bonds. The maximum absolute atomic E-state index is 13.1. The van der Waals surface area contributed by atoms with Crippen molar-refractivity contribution in [3.05, 3.63) is 71.8 Å². The first kappa shape index (κ1) is 18.2. The van der Waals surface area contributed by atoms with Crippen LogP contribution in [0.1, 0.15) is 26.7 Å². The second-order valence-corrected chi connectivity index (χ2v) is 6.79. The number of ether oxygens (including phenoxy) is 1. The van der Waals surface area contributed by atoms with E-state index in [1.165, 1.54) is 0 Å². The lowest BCUT2D eigenvalue weighted by Gasteiger charge is -2.26. The van der Waals surface area contributed by atoms with Gasteiger partial charge in [0.15, 0.2) is 5.69 Å². The highest BCUT2D eigenvalue weighted by molar-refractivity contribution is 6.02. The van der Waals surface area contributed by atoms with Crippen LogP contribution in [0.15, 0.2) is 54.7 Å². The van der Waals surface area contributed by atoms with Crippen molar-refractivity contribution in [1.82, 2.24) is 19.2 Å². The molecule has 0 unspecified atom stereocenters. The van der Waals surface area contributed by atoms with Crippen LogP contribution in [-0.4, -0.2) is 64.3 Å². The van der Waals surface area contributed by atoms with Gasteiger partial charge < -0.3 is 14.5 Å². The first-order valence-corrected chi connectivity index (χ1v) is 9.28. The molecule has 1 fully saturated rings. The fourth-order valence-corrected chi connectivity index (χ4v) is 3.36. The summed E-state index contributed by atoms with van der Waals surface area (Å²) >= 11 is 0. The Morgan fingerprint density at radius 2 is 1.79 bits per heavy atom. The van der Waals surface area contributed by atoms with Gasteiger partial charge in [0.1, 0.15) is 0 Å². The predicted molar refractivity (Wildman–Crippen MR) is 104 cm³/mol. The fraction of sp³-hybridized carbons (Fsp3) is 0.286. The maximum atomic E-state index is 13.1. The average molecular weight is 378 g/mol. The lowest BCUT2D eigenvalue weighted by molar-refractivity contribution is 0.0294. The van der Waals surface area contributed by atoms with Crippen molar-refractivity contribution in [2.24, 2.45) is 0 Å². The number of carbonyl (C=O) groups excluding carboxylic acids is 2. The Labute approximate surface area is 163 Å². The van der Waals surface area contributed by atoms with Gasteiger partial charge in [-0.15, -0.1) is 0 Å². The highest BCUT2D eigenvalue weighted by atomic mass is 16.5. The molecule has 0 atom stereocenters. The van der Waals surface area contributed by atoms with E-state index in [1.807, 2.05) is 48.5 Å². The number of imidazole rings is 1. The van der Waals surface area contributed by atoms with Gasteiger partial charge in [0, 0.05) is 32.9 Å². The molecule has 0 spiro atoms. The summed E-state index contributed by atoms with van der Waals surface area (Å²) in [7, 11) is 1.74. The molecular formula is C21H22N4O3. The van der Waals surface area contributed by atoms with Gasteiger partial charge in [0.05, 0.1) is 18.7 Å². The van der Waals surface area contributed by atoms with E-state index in [4.69, 9.17) is 4.74 Å². The van der Waals surface area contributed by atoms with Gasteiger partial charge in [-0.3, -0.25) is 14.0 Å². The smallest absolute Gasteiger partial charge is 0.290 e. The highest BCUT2D eigenvalue weighted by Gasteiger charge is 2.27. The van der Waals surface area contributed by atoms with Gasteiger partial charge in [-0.1, -0.05) is 36.4 Å². The Balaban J connectivity index is 1.65. The molecule has 4 rings (SSSR count). The summed E-state index contributed by atoms with van der Waals surface area (Å²) in [6.07, 6.45) is 1.77. The summed E-state index contributed by atoms with van der Waals surface area (Å²) in [6, 6.07) is 15.3. The molecule has 3 heterocycles. The van der Waals surface area contributed by atoms with E-state index in [1.54, 1.807) is 27.4 Å². The van der Waals surface area contributed by atoms with Gasteiger partial charge in [-0.2, -0.15) is 0 Å². The second-order valence-electron chi connectivity index (χ2n) is 6.79. The molecule has 0 radical (unpaired) electrons. The van der Waals surface area contributed by atoms with E-state index >= 15 is 0 Å². The number of hydrogen-bond acceptors (Lipinski definition) is 4. The molecule has 0 bridgehead atoms. The number of rotatable bonds is 4. The number of benzene rings is 1. The first-order valence-electron chi connectivity index (χ1n) is 9.28. The van der Waals surface area contributed by atoms with Crippen LogP contribution < -0.4 is 0 Å². The summed E-state index contributed by atoms with van der Waals surface area (Å²) < 4.78 is 7.02. The number of morpholine rings is 1. The molecule has 28 heavy (non-hydrogen) atoms. The van der Waals surface area contributed by atoms with E-state index in [9.17, 15) is 9.59 Å². The predicted octanol–water partition coefficient (Wildman–Crippen LogP) is 2.08. The van der Waals surface area contributed by atoms with Crippen molar-refractivity contribution < 1.29 is 14.3 Å². The molecule has 7 nitrogen and oxygen atoms in total. The number of fused-ring (bicyclic) bond motifs is 1.